The van der Waals surface area contributed by atoms with Gasteiger partial charge in [0.1, 0.15) is 11.3 Å². The van der Waals surface area contributed by atoms with Crippen molar-refractivity contribution in [2.45, 2.75) is 13.3 Å². The fourth-order valence-electron chi connectivity index (χ4n) is 1.10. The third-order valence-electron chi connectivity index (χ3n) is 1.73. The quantitative estimate of drug-likeness (QED) is 0.733. The lowest BCUT2D eigenvalue weighted by molar-refractivity contribution is 0.997. The van der Waals surface area contributed by atoms with Crippen molar-refractivity contribution < 1.29 is 0 Å². The zero-order valence-electron chi connectivity index (χ0n) is 6.63. The molecule has 2 aromatic heterocycles. The molecule has 0 saturated heterocycles. The van der Waals surface area contributed by atoms with Gasteiger partial charge in [-0.2, -0.15) is 0 Å². The highest BCUT2D eigenvalue weighted by atomic mass is 35.5. The summed E-state index contributed by atoms with van der Waals surface area (Å²) in [7, 11) is 0. The molecule has 12 heavy (non-hydrogen) atoms. The molecule has 0 atom stereocenters. The number of aromatic amines is 1. The molecule has 0 spiro atoms. The van der Waals surface area contributed by atoms with E-state index in [1.807, 2.05) is 6.92 Å². The number of rotatable bonds is 1. The lowest BCUT2D eigenvalue weighted by atomic mass is 10.4. The van der Waals surface area contributed by atoms with Crippen LogP contribution in [0.4, 0.5) is 0 Å². The lowest BCUT2D eigenvalue weighted by Gasteiger charge is -1.88. The van der Waals surface area contributed by atoms with Crippen LogP contribution in [0.1, 0.15) is 12.7 Å². The van der Waals surface area contributed by atoms with Gasteiger partial charge in [0, 0.05) is 12.6 Å². The van der Waals surface area contributed by atoms with Gasteiger partial charge in [0.2, 0.25) is 0 Å². The Morgan fingerprint density at radius 1 is 1.58 bits per heavy atom. The van der Waals surface area contributed by atoms with Gasteiger partial charge in [0.25, 0.3) is 0 Å². The number of aryl methyl sites for hydroxylation is 1. The molecular formula is C8H8ClN3. The van der Waals surface area contributed by atoms with Crippen molar-refractivity contribution in [1.29, 1.82) is 0 Å². The van der Waals surface area contributed by atoms with Gasteiger partial charge in [0.05, 0.1) is 5.02 Å². The van der Waals surface area contributed by atoms with E-state index in [9.17, 15) is 0 Å². The predicted octanol–water partition coefficient (Wildman–Crippen LogP) is 2.17. The van der Waals surface area contributed by atoms with Gasteiger partial charge >= 0.3 is 0 Å². The average Bonchev–Trinajstić information content (AvgIpc) is 2.49. The van der Waals surface area contributed by atoms with Gasteiger partial charge in [-0.05, 0) is 6.07 Å². The highest BCUT2D eigenvalue weighted by Gasteiger charge is 2.04. The van der Waals surface area contributed by atoms with Crippen molar-refractivity contribution in [3.8, 4) is 0 Å². The van der Waals surface area contributed by atoms with Crippen LogP contribution in [-0.4, -0.2) is 15.0 Å². The Hall–Kier alpha value is -1.09. The molecule has 0 aliphatic rings. The van der Waals surface area contributed by atoms with Crippen LogP contribution in [0.15, 0.2) is 12.3 Å². The van der Waals surface area contributed by atoms with Crippen LogP contribution in [0.3, 0.4) is 0 Å². The molecule has 0 radical (unpaired) electrons. The summed E-state index contributed by atoms with van der Waals surface area (Å²) < 4.78 is 0. The van der Waals surface area contributed by atoms with Gasteiger partial charge < -0.3 is 4.98 Å². The average molecular weight is 182 g/mol. The fraction of sp³-hybridized carbons (Fsp3) is 0.250. The smallest absolute Gasteiger partial charge is 0.179 e. The van der Waals surface area contributed by atoms with Crippen LogP contribution in [0.25, 0.3) is 11.2 Å². The summed E-state index contributed by atoms with van der Waals surface area (Å²) in [4.78, 5) is 11.4. The molecule has 2 aromatic rings. The maximum absolute atomic E-state index is 5.92. The van der Waals surface area contributed by atoms with Gasteiger partial charge in [-0.25, -0.2) is 9.97 Å². The normalized spacial score (nSPS) is 10.8. The van der Waals surface area contributed by atoms with Gasteiger partial charge in [-0.3, -0.25) is 0 Å². The topological polar surface area (TPSA) is 41.6 Å². The second-order valence-corrected chi connectivity index (χ2v) is 2.94. The van der Waals surface area contributed by atoms with Crippen LogP contribution < -0.4 is 0 Å². The number of halogens is 1. The van der Waals surface area contributed by atoms with Gasteiger partial charge in [-0.1, -0.05) is 18.5 Å². The van der Waals surface area contributed by atoms with Crippen molar-refractivity contribution in [3.05, 3.63) is 23.1 Å². The summed E-state index contributed by atoms with van der Waals surface area (Å²) in [5.41, 5.74) is 1.52. The van der Waals surface area contributed by atoms with Crippen LogP contribution in [0, 0.1) is 0 Å². The Bertz CT molecular complexity index is 408. The largest absolute Gasteiger partial charge is 0.339 e. The molecule has 2 rings (SSSR count). The van der Waals surface area contributed by atoms with E-state index >= 15 is 0 Å². The Morgan fingerprint density at radius 3 is 3.08 bits per heavy atom. The molecule has 62 valence electrons. The molecule has 0 fully saturated rings. The number of imidazole rings is 1. The molecule has 3 nitrogen and oxygen atoms in total. The minimum atomic E-state index is 0.673. The molecule has 0 aliphatic heterocycles. The maximum Gasteiger partial charge on any atom is 0.179 e. The van der Waals surface area contributed by atoms with E-state index in [-0.39, 0.29) is 0 Å². The first kappa shape index (κ1) is 7.55. The minimum absolute atomic E-state index is 0.673. The molecule has 0 saturated carbocycles. The van der Waals surface area contributed by atoms with E-state index in [1.54, 1.807) is 12.3 Å². The SMILES string of the molecule is CCc1nc2nccc(Cl)c2[nH]1. The first-order chi connectivity index (χ1) is 5.81. The van der Waals surface area contributed by atoms with Crippen LogP contribution >= 0.6 is 11.6 Å². The van der Waals surface area contributed by atoms with Crippen molar-refractivity contribution in [3.63, 3.8) is 0 Å². The molecule has 1 N–H and O–H groups in total. The Balaban J connectivity index is 2.74. The number of hydrogen-bond donors (Lipinski definition) is 1. The Labute approximate surface area is 74.8 Å². The second-order valence-electron chi connectivity index (χ2n) is 2.53. The van der Waals surface area contributed by atoms with E-state index < -0.39 is 0 Å². The summed E-state index contributed by atoms with van der Waals surface area (Å²) in [6, 6.07) is 1.75. The van der Waals surface area contributed by atoms with Gasteiger partial charge in [0.15, 0.2) is 5.65 Å². The monoisotopic (exact) mass is 181 g/mol. The highest BCUT2D eigenvalue weighted by Crippen LogP contribution is 2.18. The summed E-state index contributed by atoms with van der Waals surface area (Å²) in [6.07, 6.45) is 2.53. The fourth-order valence-corrected chi connectivity index (χ4v) is 1.28. The number of aromatic nitrogens is 3. The van der Waals surface area contributed by atoms with Crippen LogP contribution in [0.5, 0.6) is 0 Å². The standard InChI is InChI=1S/C8H8ClN3/c1-2-6-11-7-5(9)3-4-10-8(7)12-6/h3-4H,2H2,1H3,(H,10,11,12). The predicted molar refractivity (Wildman–Crippen MR) is 48.3 cm³/mol. The zero-order chi connectivity index (χ0) is 8.55. The van der Waals surface area contributed by atoms with Crippen molar-refractivity contribution in [2.24, 2.45) is 0 Å². The maximum atomic E-state index is 5.92. The third-order valence-corrected chi connectivity index (χ3v) is 2.04. The minimum Gasteiger partial charge on any atom is -0.339 e. The molecule has 2 heterocycles. The number of pyridine rings is 1. The molecule has 0 amide bonds. The number of fused-ring (bicyclic) bond motifs is 1. The van der Waals surface area contributed by atoms with Crippen LogP contribution in [-0.2, 0) is 6.42 Å². The van der Waals surface area contributed by atoms with Crippen molar-refractivity contribution in [2.75, 3.05) is 0 Å². The summed E-state index contributed by atoms with van der Waals surface area (Å²) in [5, 5.41) is 0.673. The van der Waals surface area contributed by atoms with E-state index in [2.05, 4.69) is 15.0 Å². The van der Waals surface area contributed by atoms with Crippen molar-refractivity contribution >= 4 is 22.8 Å². The van der Waals surface area contributed by atoms with Crippen LogP contribution in [0.2, 0.25) is 5.02 Å². The Kier molecular flexibility index (Phi) is 1.73. The number of hydrogen-bond acceptors (Lipinski definition) is 2. The molecular weight excluding hydrogens is 174 g/mol. The van der Waals surface area contributed by atoms with E-state index in [4.69, 9.17) is 11.6 Å². The first-order valence-electron chi connectivity index (χ1n) is 3.80. The molecule has 0 aromatic carbocycles. The molecule has 4 heteroatoms. The summed E-state index contributed by atoms with van der Waals surface area (Å²) >= 11 is 5.92. The third kappa shape index (κ3) is 1.06. The summed E-state index contributed by atoms with van der Waals surface area (Å²) in [5.74, 6) is 0.922. The highest BCUT2D eigenvalue weighted by molar-refractivity contribution is 6.34. The molecule has 0 unspecified atom stereocenters. The first-order valence-corrected chi connectivity index (χ1v) is 4.18. The number of H-pyrrole nitrogens is 1. The molecule has 0 aliphatic carbocycles. The van der Waals surface area contributed by atoms with Crippen molar-refractivity contribution in [1.82, 2.24) is 15.0 Å². The van der Waals surface area contributed by atoms with Gasteiger partial charge in [-0.15, -0.1) is 0 Å². The Morgan fingerprint density at radius 2 is 2.42 bits per heavy atom. The summed E-state index contributed by atoms with van der Waals surface area (Å²) in [6.45, 7) is 2.03. The van der Waals surface area contributed by atoms with E-state index in [0.717, 1.165) is 17.8 Å². The second kappa shape index (κ2) is 2.75. The lowest BCUT2D eigenvalue weighted by Crippen LogP contribution is -1.79. The van der Waals surface area contributed by atoms with E-state index in [1.165, 1.54) is 0 Å². The molecule has 0 bridgehead atoms. The van der Waals surface area contributed by atoms with E-state index in [0.29, 0.717) is 10.7 Å². The number of nitrogens with one attached hydrogen (secondary N) is 1. The zero-order valence-corrected chi connectivity index (χ0v) is 7.39. The number of nitrogens with zero attached hydrogens (tertiary/aromatic N) is 2.